The number of hydrogen-bond acceptors (Lipinski definition) is 5. The van der Waals surface area contributed by atoms with E-state index in [0.29, 0.717) is 17.6 Å². The van der Waals surface area contributed by atoms with Gasteiger partial charge in [-0.2, -0.15) is 4.89 Å². The fraction of sp³-hybridized carbons (Fsp3) is 0.808. The van der Waals surface area contributed by atoms with Crippen molar-refractivity contribution in [2.24, 2.45) is 28.6 Å². The van der Waals surface area contributed by atoms with Crippen LogP contribution in [0.2, 0.25) is 0 Å². The summed E-state index contributed by atoms with van der Waals surface area (Å²) in [6.45, 7) is 12.2. The maximum absolute atomic E-state index is 11.8. The minimum atomic E-state index is -0.474. The standard InChI is InChI=1S/C26H39BrO5/c1-6-7-15(2)31-32-18-8-10-25(4)17(12-18)13-22(29)23-19(25)9-11-26(5)20(23)14-21(27)24(26)30-16(3)28/h13,18-24,29H,2,6-12,14H2,1,3-5H3/t18-,19?,20?,21+,22-,23?,24?,25-,26-/m0/s1. The Morgan fingerprint density at radius 3 is 2.72 bits per heavy atom. The summed E-state index contributed by atoms with van der Waals surface area (Å²) in [7, 11) is 0. The van der Waals surface area contributed by atoms with Gasteiger partial charge >= 0.3 is 5.97 Å². The summed E-state index contributed by atoms with van der Waals surface area (Å²) < 4.78 is 5.80. The third-order valence-corrected chi connectivity index (χ3v) is 9.96. The molecule has 6 heteroatoms. The highest BCUT2D eigenvalue weighted by Gasteiger charge is 2.63. The molecule has 0 amide bonds. The van der Waals surface area contributed by atoms with Gasteiger partial charge in [0.2, 0.25) is 0 Å². The van der Waals surface area contributed by atoms with Crippen molar-refractivity contribution in [1.29, 1.82) is 0 Å². The van der Waals surface area contributed by atoms with E-state index in [9.17, 15) is 9.90 Å². The fourth-order valence-electron chi connectivity index (χ4n) is 7.47. The summed E-state index contributed by atoms with van der Waals surface area (Å²) in [4.78, 5) is 23.1. The van der Waals surface area contributed by atoms with E-state index in [0.717, 1.165) is 51.4 Å². The number of allylic oxidation sites excluding steroid dienone is 1. The molecule has 4 unspecified atom stereocenters. The van der Waals surface area contributed by atoms with Gasteiger partial charge in [0.15, 0.2) is 0 Å². The fourth-order valence-corrected chi connectivity index (χ4v) is 8.58. The van der Waals surface area contributed by atoms with E-state index in [1.807, 2.05) is 0 Å². The third-order valence-electron chi connectivity index (χ3n) is 9.10. The van der Waals surface area contributed by atoms with Crippen LogP contribution < -0.4 is 0 Å². The molecule has 0 heterocycles. The SMILES string of the molecule is C=C(CCC)OO[C@H]1CC[C@@]2(C)C(=C[C@H](O)C3C4C[C@@H](Br)C(OC(C)=O)[C@@]4(C)CCC32)C1. The van der Waals surface area contributed by atoms with Gasteiger partial charge in [-0.1, -0.05) is 54.9 Å². The van der Waals surface area contributed by atoms with Crippen LogP contribution in [0.1, 0.15) is 79.1 Å². The van der Waals surface area contributed by atoms with Crippen LogP contribution in [0.15, 0.2) is 24.0 Å². The van der Waals surface area contributed by atoms with Crippen LogP contribution in [0, 0.1) is 28.6 Å². The highest BCUT2D eigenvalue weighted by Crippen LogP contribution is 2.66. The molecule has 0 radical (unpaired) electrons. The number of rotatable bonds is 6. The molecular formula is C26H39BrO5. The molecule has 3 fully saturated rings. The first kappa shape index (κ1) is 24.3. The van der Waals surface area contributed by atoms with Gasteiger partial charge in [0.25, 0.3) is 0 Å². The van der Waals surface area contributed by atoms with Gasteiger partial charge < -0.3 is 14.7 Å². The van der Waals surface area contributed by atoms with E-state index in [2.05, 4.69) is 49.4 Å². The van der Waals surface area contributed by atoms with Gasteiger partial charge in [-0.15, -0.1) is 0 Å². The molecule has 32 heavy (non-hydrogen) atoms. The van der Waals surface area contributed by atoms with Crippen LogP contribution in [0.3, 0.4) is 0 Å². The number of aliphatic hydroxyl groups excluding tert-OH is 1. The van der Waals surface area contributed by atoms with E-state index in [4.69, 9.17) is 14.5 Å². The van der Waals surface area contributed by atoms with E-state index < -0.39 is 6.10 Å². The predicted octanol–water partition coefficient (Wildman–Crippen LogP) is 5.86. The Morgan fingerprint density at radius 2 is 2.03 bits per heavy atom. The molecule has 9 atom stereocenters. The van der Waals surface area contributed by atoms with Gasteiger partial charge in [0.05, 0.1) is 10.9 Å². The van der Waals surface area contributed by atoms with Crippen LogP contribution in [-0.2, 0) is 19.3 Å². The molecule has 5 nitrogen and oxygen atoms in total. The largest absolute Gasteiger partial charge is 0.461 e. The molecular weight excluding hydrogens is 472 g/mol. The first-order chi connectivity index (χ1) is 15.1. The Bertz CT molecular complexity index is 780. The lowest BCUT2D eigenvalue weighted by molar-refractivity contribution is -0.301. The minimum Gasteiger partial charge on any atom is -0.461 e. The lowest BCUT2D eigenvalue weighted by Crippen LogP contribution is -2.55. The molecule has 0 bridgehead atoms. The van der Waals surface area contributed by atoms with Crippen molar-refractivity contribution >= 4 is 21.9 Å². The van der Waals surface area contributed by atoms with Crippen molar-refractivity contribution in [2.75, 3.05) is 0 Å². The summed E-state index contributed by atoms with van der Waals surface area (Å²) in [5.41, 5.74) is 1.30. The van der Waals surface area contributed by atoms with Crippen molar-refractivity contribution in [1.82, 2.24) is 0 Å². The second-order valence-corrected chi connectivity index (χ2v) is 12.2. The van der Waals surface area contributed by atoms with E-state index >= 15 is 0 Å². The predicted molar refractivity (Wildman–Crippen MR) is 127 cm³/mol. The van der Waals surface area contributed by atoms with Crippen LogP contribution in [0.25, 0.3) is 0 Å². The Kier molecular flexibility index (Phi) is 6.88. The number of aliphatic hydroxyl groups is 1. The molecule has 4 aliphatic rings. The van der Waals surface area contributed by atoms with Gasteiger partial charge in [0.1, 0.15) is 18.0 Å². The zero-order valence-electron chi connectivity index (χ0n) is 19.9. The Hall–Kier alpha value is -0.850. The summed E-state index contributed by atoms with van der Waals surface area (Å²) in [5, 5.41) is 11.4. The molecule has 1 N–H and O–H groups in total. The summed E-state index contributed by atoms with van der Waals surface area (Å²) >= 11 is 3.81. The lowest BCUT2D eigenvalue weighted by atomic mass is 9.47. The molecule has 180 valence electrons. The molecule has 3 saturated carbocycles. The second-order valence-electron chi connectivity index (χ2n) is 11.0. The summed E-state index contributed by atoms with van der Waals surface area (Å²) in [5.74, 6) is 1.42. The van der Waals surface area contributed by atoms with Gasteiger partial charge in [0, 0.05) is 18.8 Å². The first-order valence-electron chi connectivity index (χ1n) is 12.3. The highest BCUT2D eigenvalue weighted by molar-refractivity contribution is 9.09. The number of carbonyl (C=O) groups excluding carboxylic acids is 1. The monoisotopic (exact) mass is 510 g/mol. The van der Waals surface area contributed by atoms with Crippen molar-refractivity contribution in [3.8, 4) is 0 Å². The number of esters is 1. The normalized spacial score (nSPS) is 45.2. The van der Waals surface area contributed by atoms with Crippen LogP contribution in [-0.4, -0.2) is 34.2 Å². The van der Waals surface area contributed by atoms with Gasteiger partial charge in [-0.25, -0.2) is 0 Å². The van der Waals surface area contributed by atoms with E-state index in [1.54, 1.807) is 0 Å². The topological polar surface area (TPSA) is 65.0 Å². The second kappa shape index (κ2) is 9.07. The molecule has 4 aliphatic carbocycles. The maximum Gasteiger partial charge on any atom is 0.302 e. The number of alkyl halides is 1. The lowest BCUT2D eigenvalue weighted by Gasteiger charge is -2.58. The number of carbonyl (C=O) groups is 1. The summed E-state index contributed by atoms with van der Waals surface area (Å²) in [6, 6.07) is 0. The average molecular weight is 511 g/mol. The zero-order chi connectivity index (χ0) is 23.3. The average Bonchev–Trinajstić information content (AvgIpc) is 2.97. The van der Waals surface area contributed by atoms with Crippen molar-refractivity contribution < 1.29 is 24.4 Å². The zero-order valence-corrected chi connectivity index (χ0v) is 21.5. The molecule has 4 rings (SSSR count). The number of fused-ring (bicyclic) bond motifs is 5. The highest BCUT2D eigenvalue weighted by atomic mass is 79.9. The van der Waals surface area contributed by atoms with Crippen LogP contribution in [0.4, 0.5) is 0 Å². The van der Waals surface area contributed by atoms with Crippen molar-refractivity contribution in [3.05, 3.63) is 24.0 Å². The summed E-state index contributed by atoms with van der Waals surface area (Å²) in [6.07, 6.45) is 9.11. The van der Waals surface area contributed by atoms with Gasteiger partial charge in [-0.3, -0.25) is 4.79 Å². The quantitative estimate of drug-likeness (QED) is 0.121. The molecule has 0 aromatic carbocycles. The molecule has 0 saturated heterocycles. The first-order valence-corrected chi connectivity index (χ1v) is 13.2. The van der Waals surface area contributed by atoms with E-state index in [1.165, 1.54) is 12.5 Å². The van der Waals surface area contributed by atoms with Gasteiger partial charge in [-0.05, 0) is 68.1 Å². The molecule has 0 spiro atoms. The Balaban J connectivity index is 1.53. The molecule has 0 aromatic heterocycles. The number of hydrogen-bond donors (Lipinski definition) is 1. The molecule has 0 aliphatic heterocycles. The molecule has 0 aromatic rings. The van der Waals surface area contributed by atoms with Crippen molar-refractivity contribution in [3.63, 3.8) is 0 Å². The van der Waals surface area contributed by atoms with Crippen LogP contribution >= 0.6 is 15.9 Å². The smallest absolute Gasteiger partial charge is 0.302 e. The Labute approximate surface area is 201 Å². The number of ether oxygens (including phenoxy) is 1. The number of halogens is 1. The minimum absolute atomic E-state index is 0.00675. The van der Waals surface area contributed by atoms with Crippen molar-refractivity contribution in [2.45, 2.75) is 102 Å². The van der Waals surface area contributed by atoms with Crippen LogP contribution in [0.5, 0.6) is 0 Å². The van der Waals surface area contributed by atoms with E-state index in [-0.39, 0.29) is 39.8 Å². The maximum atomic E-state index is 11.8. The Morgan fingerprint density at radius 1 is 1.28 bits per heavy atom. The third kappa shape index (κ3) is 4.09.